The van der Waals surface area contributed by atoms with E-state index in [-0.39, 0.29) is 17.8 Å². The Balaban J connectivity index is 1.70. The van der Waals surface area contributed by atoms with Crippen molar-refractivity contribution in [3.05, 3.63) is 65.5 Å². The lowest BCUT2D eigenvalue weighted by atomic mass is 10.2. The molecule has 2 aromatic carbocycles. The van der Waals surface area contributed by atoms with Gasteiger partial charge in [0.1, 0.15) is 17.2 Å². The molecule has 0 saturated carbocycles. The molecule has 0 bridgehead atoms. The third kappa shape index (κ3) is 6.24. The number of ether oxygens (including phenoxy) is 3. The molecule has 8 nitrogen and oxygen atoms in total. The highest BCUT2D eigenvalue weighted by atomic mass is 35.5. The number of nitrogens with zero attached hydrogens (tertiary/aromatic N) is 3. The Labute approximate surface area is 208 Å². The fourth-order valence-electron chi connectivity index (χ4n) is 3.18. The van der Waals surface area contributed by atoms with Crippen molar-refractivity contribution in [2.75, 3.05) is 25.3 Å². The van der Waals surface area contributed by atoms with Gasteiger partial charge >= 0.3 is 0 Å². The van der Waals surface area contributed by atoms with E-state index in [2.05, 4.69) is 22.1 Å². The van der Waals surface area contributed by atoms with Crippen molar-refractivity contribution in [3.63, 3.8) is 0 Å². The lowest BCUT2D eigenvalue weighted by Gasteiger charge is -2.16. The highest BCUT2D eigenvalue weighted by Gasteiger charge is 2.20. The van der Waals surface area contributed by atoms with Gasteiger partial charge in [-0.15, -0.1) is 16.8 Å². The minimum Gasteiger partial charge on any atom is -0.497 e. The number of anilines is 1. The molecule has 0 aliphatic rings. The number of allylic oxidation sites excluding steroid dienone is 1. The van der Waals surface area contributed by atoms with Gasteiger partial charge in [-0.1, -0.05) is 29.4 Å². The second-order valence-electron chi connectivity index (χ2n) is 7.31. The summed E-state index contributed by atoms with van der Waals surface area (Å²) in [5.41, 5.74) is 1.45. The molecule has 10 heteroatoms. The first-order valence-electron chi connectivity index (χ1n) is 10.5. The molecule has 1 heterocycles. The lowest BCUT2D eigenvalue weighted by molar-refractivity contribution is -0.113. The number of halogens is 1. The number of methoxy groups -OCH3 is 2. The van der Waals surface area contributed by atoms with E-state index >= 15 is 0 Å². The second kappa shape index (κ2) is 11.8. The van der Waals surface area contributed by atoms with E-state index in [4.69, 9.17) is 25.8 Å². The third-order valence-electron chi connectivity index (χ3n) is 4.88. The molecule has 3 rings (SSSR count). The summed E-state index contributed by atoms with van der Waals surface area (Å²) in [6, 6.07) is 10.7. The lowest BCUT2D eigenvalue weighted by Crippen LogP contribution is -2.16. The van der Waals surface area contributed by atoms with Crippen LogP contribution < -0.4 is 19.5 Å². The maximum Gasteiger partial charge on any atom is 0.234 e. The average molecular weight is 503 g/mol. The van der Waals surface area contributed by atoms with E-state index in [1.165, 1.54) is 11.8 Å². The molecule has 0 saturated heterocycles. The molecule has 1 aromatic heterocycles. The van der Waals surface area contributed by atoms with Crippen LogP contribution in [-0.4, -0.2) is 40.6 Å². The quantitative estimate of drug-likeness (QED) is 0.280. The van der Waals surface area contributed by atoms with Gasteiger partial charge in [-0.3, -0.25) is 9.36 Å². The van der Waals surface area contributed by atoms with Crippen LogP contribution in [-0.2, 0) is 11.3 Å². The Kier molecular flexibility index (Phi) is 8.84. The summed E-state index contributed by atoms with van der Waals surface area (Å²) >= 11 is 7.38. The van der Waals surface area contributed by atoms with E-state index < -0.39 is 0 Å². The van der Waals surface area contributed by atoms with Crippen molar-refractivity contribution in [1.29, 1.82) is 0 Å². The Hall–Kier alpha value is -3.17. The number of aryl methyl sites for hydroxylation is 1. The van der Waals surface area contributed by atoms with Crippen molar-refractivity contribution in [2.24, 2.45) is 0 Å². The van der Waals surface area contributed by atoms with Gasteiger partial charge < -0.3 is 19.5 Å². The third-order valence-corrected chi connectivity index (χ3v) is 6.27. The first-order valence-corrected chi connectivity index (χ1v) is 11.8. The highest BCUT2D eigenvalue weighted by molar-refractivity contribution is 7.99. The van der Waals surface area contributed by atoms with Crippen molar-refractivity contribution >= 4 is 35.0 Å². The first-order chi connectivity index (χ1) is 16.4. The van der Waals surface area contributed by atoms with Crippen LogP contribution in [0.4, 0.5) is 5.69 Å². The molecule has 34 heavy (non-hydrogen) atoms. The summed E-state index contributed by atoms with van der Waals surface area (Å²) in [5.74, 6) is 2.38. The summed E-state index contributed by atoms with van der Waals surface area (Å²) in [7, 11) is 3.10. The van der Waals surface area contributed by atoms with E-state index in [9.17, 15) is 4.79 Å². The largest absolute Gasteiger partial charge is 0.497 e. The minimum absolute atomic E-state index is 0.126. The standard InChI is InChI=1S/C24H27ClN4O4S/c1-6-11-29-23(16(3)33-18-7-9-19(25)15(2)12-18)27-28-24(29)34-14-22(30)26-20-13-17(31-4)8-10-21(20)32-5/h6-10,12-13,16H,1,11,14H2,2-5H3,(H,26,30). The molecule has 180 valence electrons. The summed E-state index contributed by atoms with van der Waals surface area (Å²) in [6.45, 7) is 8.11. The van der Waals surface area contributed by atoms with Gasteiger partial charge in [0.15, 0.2) is 17.1 Å². The van der Waals surface area contributed by atoms with Crippen LogP contribution in [0.5, 0.6) is 17.2 Å². The Bertz CT molecular complexity index is 1170. The molecular formula is C24H27ClN4O4S. The zero-order chi connectivity index (χ0) is 24.7. The van der Waals surface area contributed by atoms with Crippen LogP contribution in [0.1, 0.15) is 24.4 Å². The summed E-state index contributed by atoms with van der Waals surface area (Å²) in [6.07, 6.45) is 1.37. The molecule has 1 amide bonds. The monoisotopic (exact) mass is 502 g/mol. The number of rotatable bonds is 11. The minimum atomic E-state index is -0.378. The number of aromatic nitrogens is 3. The number of nitrogens with one attached hydrogen (secondary N) is 1. The van der Waals surface area contributed by atoms with Gasteiger partial charge in [0.2, 0.25) is 5.91 Å². The number of thioether (sulfide) groups is 1. The number of benzene rings is 2. The molecule has 1 atom stereocenters. The molecule has 0 aliphatic carbocycles. The highest BCUT2D eigenvalue weighted by Crippen LogP contribution is 2.30. The normalized spacial score (nSPS) is 11.6. The first kappa shape index (κ1) is 25.5. The van der Waals surface area contributed by atoms with Crippen LogP contribution in [0.2, 0.25) is 5.02 Å². The topological polar surface area (TPSA) is 87.5 Å². The van der Waals surface area contributed by atoms with Crippen molar-refractivity contribution in [2.45, 2.75) is 31.7 Å². The Morgan fingerprint density at radius 2 is 1.97 bits per heavy atom. The number of carbonyl (C=O) groups excluding carboxylic acids is 1. The predicted molar refractivity (Wildman–Crippen MR) is 134 cm³/mol. The molecule has 1 N–H and O–H groups in total. The van der Waals surface area contributed by atoms with Crippen LogP contribution in [0.15, 0.2) is 54.2 Å². The maximum absolute atomic E-state index is 12.6. The number of carbonyl (C=O) groups is 1. The van der Waals surface area contributed by atoms with Gasteiger partial charge in [-0.05, 0) is 49.7 Å². The van der Waals surface area contributed by atoms with Crippen LogP contribution >= 0.6 is 23.4 Å². The smallest absolute Gasteiger partial charge is 0.234 e. The van der Waals surface area contributed by atoms with Crippen LogP contribution in [0.3, 0.4) is 0 Å². The van der Waals surface area contributed by atoms with E-state index in [0.717, 1.165) is 5.56 Å². The zero-order valence-corrected chi connectivity index (χ0v) is 21.1. The SMILES string of the molecule is C=CCn1c(SCC(=O)Nc2cc(OC)ccc2OC)nnc1C(C)Oc1ccc(Cl)c(C)c1. The van der Waals surface area contributed by atoms with Gasteiger partial charge in [0, 0.05) is 17.6 Å². The number of hydrogen-bond acceptors (Lipinski definition) is 7. The van der Waals surface area contributed by atoms with E-state index in [1.807, 2.05) is 30.5 Å². The molecule has 0 aliphatic heterocycles. The molecular weight excluding hydrogens is 476 g/mol. The van der Waals surface area contributed by atoms with Gasteiger partial charge in [-0.25, -0.2) is 0 Å². The molecule has 1 unspecified atom stereocenters. The van der Waals surface area contributed by atoms with E-state index in [0.29, 0.717) is 45.5 Å². The summed E-state index contributed by atoms with van der Waals surface area (Å²) in [5, 5.41) is 12.7. The van der Waals surface area contributed by atoms with Gasteiger partial charge in [-0.2, -0.15) is 0 Å². The van der Waals surface area contributed by atoms with Crippen molar-refractivity contribution in [3.8, 4) is 17.2 Å². The molecule has 0 radical (unpaired) electrons. The van der Waals surface area contributed by atoms with Crippen LogP contribution in [0, 0.1) is 6.92 Å². The average Bonchev–Trinajstić information content (AvgIpc) is 3.23. The maximum atomic E-state index is 12.6. The van der Waals surface area contributed by atoms with Crippen molar-refractivity contribution in [1.82, 2.24) is 14.8 Å². The summed E-state index contributed by atoms with van der Waals surface area (Å²) in [4.78, 5) is 12.6. The fourth-order valence-corrected chi connectivity index (χ4v) is 4.06. The van der Waals surface area contributed by atoms with E-state index in [1.54, 1.807) is 44.6 Å². The predicted octanol–water partition coefficient (Wildman–Crippen LogP) is 5.31. The van der Waals surface area contributed by atoms with Gasteiger partial charge in [0.05, 0.1) is 25.7 Å². The number of hydrogen-bond donors (Lipinski definition) is 1. The molecule has 0 spiro atoms. The van der Waals surface area contributed by atoms with Crippen molar-refractivity contribution < 1.29 is 19.0 Å². The zero-order valence-electron chi connectivity index (χ0n) is 19.5. The Morgan fingerprint density at radius 3 is 2.65 bits per heavy atom. The number of amides is 1. The second-order valence-corrected chi connectivity index (χ2v) is 8.66. The fraction of sp³-hybridized carbons (Fsp3) is 0.292. The van der Waals surface area contributed by atoms with Gasteiger partial charge in [0.25, 0.3) is 0 Å². The van der Waals surface area contributed by atoms with Crippen LogP contribution in [0.25, 0.3) is 0 Å². The molecule has 3 aromatic rings. The molecule has 0 fully saturated rings. The Morgan fingerprint density at radius 1 is 1.21 bits per heavy atom. The summed E-state index contributed by atoms with van der Waals surface area (Å²) < 4.78 is 18.5.